The lowest BCUT2D eigenvalue weighted by molar-refractivity contribution is -0.140. The van der Waals surface area contributed by atoms with Gasteiger partial charge in [-0.15, -0.1) is 5.10 Å². The van der Waals surface area contributed by atoms with Crippen LogP contribution >= 0.6 is 0 Å². The summed E-state index contributed by atoms with van der Waals surface area (Å²) in [6.07, 6.45) is 0. The van der Waals surface area contributed by atoms with Crippen LogP contribution in [-0.4, -0.2) is 38.8 Å². The van der Waals surface area contributed by atoms with E-state index in [0.29, 0.717) is 22.5 Å². The number of nitrogens with zero attached hydrogens (tertiary/aromatic N) is 4. The van der Waals surface area contributed by atoms with Gasteiger partial charge in [0.25, 0.3) is 5.91 Å². The van der Waals surface area contributed by atoms with Crippen LogP contribution in [0.25, 0.3) is 11.0 Å². The minimum atomic E-state index is -1.31. The summed E-state index contributed by atoms with van der Waals surface area (Å²) in [6, 6.07) is 23.9. The summed E-state index contributed by atoms with van der Waals surface area (Å²) in [5.74, 6) is -1.68. The van der Waals surface area contributed by atoms with E-state index in [9.17, 15) is 18.4 Å². The van der Waals surface area contributed by atoms with E-state index < -0.39 is 29.5 Å². The lowest BCUT2D eigenvalue weighted by Crippen LogP contribution is -2.42. The van der Waals surface area contributed by atoms with Crippen molar-refractivity contribution in [1.82, 2.24) is 19.9 Å². The fraction of sp³-hybridized carbons (Fsp3) is 0.133. The fourth-order valence-corrected chi connectivity index (χ4v) is 4.42. The number of nitrogens with one attached hydrogen (secondary N) is 1. The maximum absolute atomic E-state index is 14.8. The predicted molar refractivity (Wildman–Crippen MR) is 145 cm³/mol. The number of ether oxygens (including phenoxy) is 1. The third-order valence-electron chi connectivity index (χ3n) is 6.41. The zero-order valence-electron chi connectivity index (χ0n) is 21.5. The van der Waals surface area contributed by atoms with Crippen molar-refractivity contribution >= 4 is 28.5 Å². The molecule has 0 spiro atoms. The molecular weight excluding hydrogens is 516 g/mol. The van der Waals surface area contributed by atoms with Crippen molar-refractivity contribution < 1.29 is 23.1 Å². The van der Waals surface area contributed by atoms with Gasteiger partial charge in [-0.2, -0.15) is 0 Å². The average Bonchev–Trinajstić information content (AvgIpc) is 3.37. The molecular formula is C30H25F2N5O3. The van der Waals surface area contributed by atoms with Crippen LogP contribution in [0.5, 0.6) is 5.75 Å². The van der Waals surface area contributed by atoms with E-state index in [-0.39, 0.29) is 24.2 Å². The number of halogens is 2. The first-order chi connectivity index (χ1) is 19.4. The van der Waals surface area contributed by atoms with Gasteiger partial charge in [-0.05, 0) is 60.2 Å². The van der Waals surface area contributed by atoms with E-state index in [1.54, 1.807) is 60.7 Å². The number of methoxy groups -OCH3 is 1. The second-order valence-corrected chi connectivity index (χ2v) is 9.02. The van der Waals surface area contributed by atoms with Gasteiger partial charge in [0.2, 0.25) is 5.91 Å². The van der Waals surface area contributed by atoms with Gasteiger partial charge in [0.15, 0.2) is 0 Å². The summed E-state index contributed by atoms with van der Waals surface area (Å²) in [7, 11) is 1.53. The van der Waals surface area contributed by atoms with Crippen LogP contribution in [0.15, 0.2) is 97.1 Å². The molecule has 1 unspecified atom stereocenters. The zero-order valence-corrected chi connectivity index (χ0v) is 21.5. The van der Waals surface area contributed by atoms with Crippen LogP contribution in [0.2, 0.25) is 0 Å². The highest BCUT2D eigenvalue weighted by Gasteiger charge is 2.33. The number of carbonyl (C=O) groups excluding carboxylic acids is 2. The molecule has 1 aromatic heterocycles. The Hall–Kier alpha value is -5.12. The van der Waals surface area contributed by atoms with Crippen molar-refractivity contribution in [2.24, 2.45) is 0 Å². The van der Waals surface area contributed by atoms with Gasteiger partial charge in [0, 0.05) is 17.8 Å². The minimum Gasteiger partial charge on any atom is -0.497 e. The lowest BCUT2D eigenvalue weighted by atomic mass is 10.0. The van der Waals surface area contributed by atoms with Crippen LogP contribution < -0.4 is 10.1 Å². The van der Waals surface area contributed by atoms with Gasteiger partial charge in [0.05, 0.1) is 12.6 Å². The van der Waals surface area contributed by atoms with Gasteiger partial charge in [0.1, 0.15) is 35.5 Å². The van der Waals surface area contributed by atoms with E-state index in [4.69, 9.17) is 4.74 Å². The Balaban J connectivity index is 1.56. The van der Waals surface area contributed by atoms with E-state index in [2.05, 4.69) is 15.6 Å². The van der Waals surface area contributed by atoms with E-state index in [1.807, 2.05) is 0 Å². The number of hydrogen-bond donors (Lipinski definition) is 1. The summed E-state index contributed by atoms with van der Waals surface area (Å²) in [6.45, 7) is -0.536. The molecule has 1 heterocycles. The van der Waals surface area contributed by atoms with Crippen LogP contribution in [-0.2, 0) is 22.7 Å². The Kier molecular flexibility index (Phi) is 7.77. The molecule has 40 heavy (non-hydrogen) atoms. The SMILES string of the molecule is COc1ccc(NC(=O)C(c2cccc(F)c2)N(Cc2ccccc2F)C(=O)Cn2nnc3ccccc32)cc1. The lowest BCUT2D eigenvalue weighted by Gasteiger charge is -2.32. The molecule has 0 aliphatic rings. The third kappa shape index (κ3) is 5.80. The molecule has 0 fully saturated rings. The molecule has 1 atom stereocenters. The number of rotatable bonds is 9. The average molecular weight is 542 g/mol. The highest BCUT2D eigenvalue weighted by Crippen LogP contribution is 2.28. The summed E-state index contributed by atoms with van der Waals surface area (Å²) >= 11 is 0. The van der Waals surface area contributed by atoms with Crippen LogP contribution in [0.3, 0.4) is 0 Å². The Morgan fingerprint density at radius 3 is 2.45 bits per heavy atom. The standard InChI is InChI=1S/C30H25F2N5O3/c1-40-24-15-13-23(14-16-24)33-30(39)29(20-8-6-9-22(31)17-20)36(18-21-7-2-3-10-25(21)32)28(38)19-37-27-12-5-4-11-26(27)34-35-37/h2-17,29H,18-19H2,1H3,(H,33,39). The van der Waals surface area contributed by atoms with Crippen molar-refractivity contribution in [3.63, 3.8) is 0 Å². The van der Waals surface area contributed by atoms with Crippen molar-refractivity contribution in [1.29, 1.82) is 0 Å². The first-order valence-electron chi connectivity index (χ1n) is 12.4. The minimum absolute atomic E-state index is 0.193. The predicted octanol–water partition coefficient (Wildman–Crippen LogP) is 5.13. The molecule has 2 amide bonds. The number of benzene rings is 4. The van der Waals surface area contributed by atoms with Gasteiger partial charge >= 0.3 is 0 Å². The number of fused-ring (bicyclic) bond motifs is 1. The number of anilines is 1. The molecule has 1 N–H and O–H groups in total. The zero-order chi connectivity index (χ0) is 28.1. The van der Waals surface area contributed by atoms with Gasteiger partial charge < -0.3 is 15.0 Å². The summed E-state index contributed by atoms with van der Waals surface area (Å²) in [5, 5.41) is 11.0. The molecule has 0 radical (unpaired) electrons. The molecule has 202 valence electrons. The molecule has 5 aromatic rings. The highest BCUT2D eigenvalue weighted by atomic mass is 19.1. The van der Waals surface area contributed by atoms with E-state index in [0.717, 1.165) is 0 Å². The summed E-state index contributed by atoms with van der Waals surface area (Å²) < 4.78 is 35.8. The number of aromatic nitrogens is 3. The second kappa shape index (κ2) is 11.7. The summed E-state index contributed by atoms with van der Waals surface area (Å²) in [5.41, 5.74) is 2.06. The van der Waals surface area contributed by atoms with E-state index in [1.165, 1.54) is 53.1 Å². The third-order valence-corrected chi connectivity index (χ3v) is 6.41. The van der Waals surface area contributed by atoms with Gasteiger partial charge in [-0.3, -0.25) is 9.59 Å². The first-order valence-corrected chi connectivity index (χ1v) is 12.4. The summed E-state index contributed by atoms with van der Waals surface area (Å²) in [4.78, 5) is 29.0. The molecule has 5 rings (SSSR count). The largest absolute Gasteiger partial charge is 0.497 e. The first kappa shape index (κ1) is 26.5. The molecule has 8 nitrogen and oxygen atoms in total. The normalized spacial score (nSPS) is 11.7. The van der Waals surface area contributed by atoms with Crippen molar-refractivity contribution in [2.45, 2.75) is 19.1 Å². The highest BCUT2D eigenvalue weighted by molar-refractivity contribution is 5.98. The fourth-order valence-electron chi connectivity index (χ4n) is 4.42. The molecule has 0 aliphatic carbocycles. The molecule has 0 saturated heterocycles. The maximum atomic E-state index is 14.8. The Morgan fingerprint density at radius 2 is 1.70 bits per heavy atom. The monoisotopic (exact) mass is 541 g/mol. The van der Waals surface area contributed by atoms with Crippen LogP contribution in [0.1, 0.15) is 17.2 Å². The number of hydrogen-bond acceptors (Lipinski definition) is 5. The molecule has 0 aliphatic heterocycles. The van der Waals surface area contributed by atoms with Gasteiger partial charge in [-0.25, -0.2) is 13.5 Å². The van der Waals surface area contributed by atoms with Crippen LogP contribution in [0, 0.1) is 11.6 Å². The van der Waals surface area contributed by atoms with Crippen molar-refractivity contribution in [2.75, 3.05) is 12.4 Å². The van der Waals surface area contributed by atoms with Crippen molar-refractivity contribution in [3.05, 3.63) is 120 Å². The molecule has 4 aromatic carbocycles. The number of carbonyl (C=O) groups is 2. The Bertz CT molecular complexity index is 1660. The Labute approximate surface area is 228 Å². The van der Waals surface area contributed by atoms with Gasteiger partial charge in [-0.1, -0.05) is 47.7 Å². The second-order valence-electron chi connectivity index (χ2n) is 9.02. The van der Waals surface area contributed by atoms with Crippen LogP contribution in [0.4, 0.5) is 14.5 Å². The Morgan fingerprint density at radius 1 is 0.950 bits per heavy atom. The maximum Gasteiger partial charge on any atom is 0.251 e. The molecule has 0 saturated carbocycles. The smallest absolute Gasteiger partial charge is 0.251 e. The quantitative estimate of drug-likeness (QED) is 0.280. The van der Waals surface area contributed by atoms with Crippen molar-refractivity contribution in [3.8, 4) is 5.75 Å². The molecule has 10 heteroatoms. The van der Waals surface area contributed by atoms with E-state index >= 15 is 0 Å². The number of amides is 2. The molecule has 0 bridgehead atoms. The topological polar surface area (TPSA) is 89.4 Å². The number of para-hydroxylation sites is 1.